The highest BCUT2D eigenvalue weighted by atomic mass is 16.5. The number of aliphatic hydroxyl groups excluding tert-OH is 1. The van der Waals surface area contributed by atoms with E-state index >= 15 is 0 Å². The number of aryl methyl sites for hydroxylation is 1. The second kappa shape index (κ2) is 3.82. The van der Waals surface area contributed by atoms with Crippen molar-refractivity contribution in [1.82, 2.24) is 15.0 Å². The molecule has 0 spiro atoms. The molecule has 1 saturated heterocycles. The SMILES string of the molecule is Cc1noc(CN2CC3CCC(O)C3C2)n1. The molecule has 2 fully saturated rings. The van der Waals surface area contributed by atoms with Gasteiger partial charge in [0.25, 0.3) is 0 Å². The maximum Gasteiger partial charge on any atom is 0.240 e. The summed E-state index contributed by atoms with van der Waals surface area (Å²) in [5, 5.41) is 13.6. The van der Waals surface area contributed by atoms with Crippen LogP contribution in [0, 0.1) is 18.8 Å². The fraction of sp³-hybridized carbons (Fsp3) is 0.818. The Hall–Kier alpha value is -0.940. The molecule has 3 rings (SSSR count). The van der Waals surface area contributed by atoms with Crippen molar-refractivity contribution < 1.29 is 9.63 Å². The zero-order chi connectivity index (χ0) is 11.1. The van der Waals surface area contributed by atoms with E-state index in [1.165, 1.54) is 0 Å². The van der Waals surface area contributed by atoms with Gasteiger partial charge in [0.05, 0.1) is 12.6 Å². The molecule has 0 bridgehead atoms. The molecule has 5 heteroatoms. The smallest absolute Gasteiger partial charge is 0.240 e. The molecule has 1 N–H and O–H groups in total. The molecule has 3 unspecified atom stereocenters. The van der Waals surface area contributed by atoms with Gasteiger partial charge in [-0.05, 0) is 25.7 Å². The van der Waals surface area contributed by atoms with Gasteiger partial charge in [-0.25, -0.2) is 0 Å². The summed E-state index contributed by atoms with van der Waals surface area (Å²) in [6.07, 6.45) is 2.04. The van der Waals surface area contributed by atoms with Gasteiger partial charge in [0, 0.05) is 19.0 Å². The van der Waals surface area contributed by atoms with Gasteiger partial charge in [0.1, 0.15) is 0 Å². The summed E-state index contributed by atoms with van der Waals surface area (Å²) in [6, 6.07) is 0. The van der Waals surface area contributed by atoms with Crippen molar-refractivity contribution in [3.63, 3.8) is 0 Å². The Kier molecular flexibility index (Phi) is 2.44. The van der Waals surface area contributed by atoms with Crippen molar-refractivity contribution >= 4 is 0 Å². The van der Waals surface area contributed by atoms with Crippen molar-refractivity contribution in [2.45, 2.75) is 32.4 Å². The standard InChI is InChI=1S/C11H17N3O2/c1-7-12-11(16-13-7)6-14-4-8-2-3-10(15)9(8)5-14/h8-10,15H,2-6H2,1H3. The number of aliphatic hydroxyl groups is 1. The topological polar surface area (TPSA) is 62.4 Å². The Morgan fingerprint density at radius 2 is 2.31 bits per heavy atom. The lowest BCUT2D eigenvalue weighted by atomic mass is 10.00. The molecule has 1 aromatic heterocycles. The van der Waals surface area contributed by atoms with Gasteiger partial charge in [-0.1, -0.05) is 5.16 Å². The molecule has 1 saturated carbocycles. The number of hydrogen-bond donors (Lipinski definition) is 1. The van der Waals surface area contributed by atoms with Gasteiger partial charge < -0.3 is 9.63 Å². The Labute approximate surface area is 94.4 Å². The lowest BCUT2D eigenvalue weighted by Gasteiger charge is -2.15. The monoisotopic (exact) mass is 223 g/mol. The Balaban J connectivity index is 1.62. The van der Waals surface area contributed by atoms with Crippen molar-refractivity contribution in [2.75, 3.05) is 13.1 Å². The van der Waals surface area contributed by atoms with Crippen LogP contribution >= 0.6 is 0 Å². The van der Waals surface area contributed by atoms with E-state index in [4.69, 9.17) is 4.52 Å². The molecule has 1 aromatic rings. The van der Waals surface area contributed by atoms with Crippen LogP contribution in [0.2, 0.25) is 0 Å². The predicted molar refractivity (Wildman–Crippen MR) is 56.5 cm³/mol. The normalized spacial score (nSPS) is 34.5. The van der Waals surface area contributed by atoms with Crippen molar-refractivity contribution in [3.05, 3.63) is 11.7 Å². The summed E-state index contributed by atoms with van der Waals surface area (Å²) < 4.78 is 5.11. The van der Waals surface area contributed by atoms with Crippen LogP contribution in [0.5, 0.6) is 0 Å². The third kappa shape index (κ3) is 1.74. The largest absolute Gasteiger partial charge is 0.393 e. The Morgan fingerprint density at radius 3 is 3.00 bits per heavy atom. The molecule has 5 nitrogen and oxygen atoms in total. The molecule has 3 atom stereocenters. The summed E-state index contributed by atoms with van der Waals surface area (Å²) in [5.41, 5.74) is 0. The van der Waals surface area contributed by atoms with Gasteiger partial charge in [0.2, 0.25) is 5.89 Å². The first-order valence-corrected chi connectivity index (χ1v) is 5.92. The fourth-order valence-electron chi connectivity index (χ4n) is 3.05. The lowest BCUT2D eigenvalue weighted by Crippen LogP contribution is -2.24. The highest BCUT2D eigenvalue weighted by Gasteiger charge is 2.41. The summed E-state index contributed by atoms with van der Waals surface area (Å²) in [6.45, 7) is 4.58. The summed E-state index contributed by atoms with van der Waals surface area (Å²) in [7, 11) is 0. The second-order valence-electron chi connectivity index (χ2n) is 5.00. The van der Waals surface area contributed by atoms with Crippen LogP contribution in [-0.2, 0) is 6.54 Å². The fourth-order valence-corrected chi connectivity index (χ4v) is 3.05. The Bertz CT molecular complexity index is 379. The molecular weight excluding hydrogens is 206 g/mol. The molecule has 0 amide bonds. The molecule has 0 aromatic carbocycles. The Morgan fingerprint density at radius 1 is 1.44 bits per heavy atom. The van der Waals surface area contributed by atoms with Crippen LogP contribution in [0.4, 0.5) is 0 Å². The number of fused-ring (bicyclic) bond motifs is 1. The van der Waals surface area contributed by atoms with Crippen LogP contribution in [0.25, 0.3) is 0 Å². The van der Waals surface area contributed by atoms with Crippen LogP contribution in [0.3, 0.4) is 0 Å². The zero-order valence-electron chi connectivity index (χ0n) is 9.46. The average molecular weight is 223 g/mol. The zero-order valence-corrected chi connectivity index (χ0v) is 9.46. The third-order valence-electron chi connectivity index (χ3n) is 3.82. The van der Waals surface area contributed by atoms with Crippen molar-refractivity contribution in [1.29, 1.82) is 0 Å². The van der Waals surface area contributed by atoms with Gasteiger partial charge in [-0.2, -0.15) is 4.98 Å². The number of aromatic nitrogens is 2. The van der Waals surface area contributed by atoms with Gasteiger partial charge >= 0.3 is 0 Å². The molecule has 0 radical (unpaired) electrons. The molecule has 16 heavy (non-hydrogen) atoms. The number of rotatable bonds is 2. The van der Waals surface area contributed by atoms with E-state index in [1.807, 2.05) is 6.92 Å². The van der Waals surface area contributed by atoms with Crippen LogP contribution in [0.1, 0.15) is 24.6 Å². The summed E-state index contributed by atoms with van der Waals surface area (Å²) >= 11 is 0. The van der Waals surface area contributed by atoms with E-state index < -0.39 is 0 Å². The van der Waals surface area contributed by atoms with Gasteiger partial charge in [-0.3, -0.25) is 4.90 Å². The predicted octanol–water partition coefficient (Wildman–Crippen LogP) is 0.581. The summed E-state index contributed by atoms with van der Waals surface area (Å²) in [4.78, 5) is 6.52. The summed E-state index contributed by atoms with van der Waals surface area (Å²) in [5.74, 6) is 2.50. The first kappa shape index (κ1) is 10.2. The van der Waals surface area contributed by atoms with E-state index in [-0.39, 0.29) is 6.10 Å². The molecule has 2 heterocycles. The molecule has 2 aliphatic rings. The maximum atomic E-state index is 9.81. The minimum atomic E-state index is -0.0978. The minimum Gasteiger partial charge on any atom is -0.393 e. The molecule has 88 valence electrons. The van der Waals surface area contributed by atoms with E-state index in [1.54, 1.807) is 0 Å². The first-order chi connectivity index (χ1) is 7.72. The lowest BCUT2D eigenvalue weighted by molar-refractivity contribution is 0.122. The number of nitrogens with zero attached hydrogens (tertiary/aromatic N) is 3. The highest BCUT2D eigenvalue weighted by Crippen LogP contribution is 2.38. The van der Waals surface area contributed by atoms with E-state index in [9.17, 15) is 5.11 Å². The van der Waals surface area contributed by atoms with E-state index in [0.717, 1.165) is 32.5 Å². The van der Waals surface area contributed by atoms with Crippen molar-refractivity contribution in [2.24, 2.45) is 11.8 Å². The second-order valence-corrected chi connectivity index (χ2v) is 5.00. The van der Waals surface area contributed by atoms with Gasteiger partial charge in [0.15, 0.2) is 5.82 Å². The minimum absolute atomic E-state index is 0.0978. The highest BCUT2D eigenvalue weighted by molar-refractivity contribution is 4.95. The molecule has 1 aliphatic carbocycles. The van der Waals surface area contributed by atoms with E-state index in [0.29, 0.717) is 23.6 Å². The van der Waals surface area contributed by atoms with Gasteiger partial charge in [-0.15, -0.1) is 0 Å². The van der Waals surface area contributed by atoms with Crippen LogP contribution in [0.15, 0.2) is 4.52 Å². The third-order valence-corrected chi connectivity index (χ3v) is 3.82. The molecular formula is C11H17N3O2. The van der Waals surface area contributed by atoms with Crippen LogP contribution in [-0.4, -0.2) is 39.3 Å². The van der Waals surface area contributed by atoms with E-state index in [2.05, 4.69) is 15.0 Å². The first-order valence-electron chi connectivity index (χ1n) is 5.92. The number of hydrogen-bond acceptors (Lipinski definition) is 5. The van der Waals surface area contributed by atoms with Crippen LogP contribution < -0.4 is 0 Å². The quantitative estimate of drug-likeness (QED) is 0.794. The average Bonchev–Trinajstić information content (AvgIpc) is 2.88. The van der Waals surface area contributed by atoms with Crippen molar-refractivity contribution in [3.8, 4) is 0 Å². The number of likely N-dealkylation sites (tertiary alicyclic amines) is 1. The molecule has 1 aliphatic heterocycles. The maximum absolute atomic E-state index is 9.81.